The lowest BCUT2D eigenvalue weighted by atomic mass is 10.1. The summed E-state index contributed by atoms with van der Waals surface area (Å²) in [5.74, 6) is -2.34. The summed E-state index contributed by atoms with van der Waals surface area (Å²) in [5, 5.41) is 4.00. The highest BCUT2D eigenvalue weighted by Gasteiger charge is 2.19. The van der Waals surface area contributed by atoms with Crippen molar-refractivity contribution in [2.75, 3.05) is 10.5 Å². The molecule has 0 unspecified atom stereocenters. The van der Waals surface area contributed by atoms with E-state index in [0.717, 1.165) is 18.3 Å². The molecule has 8 nitrogen and oxygen atoms in total. The molecular formula is C17H12F2N6O2S. The Bertz CT molecular complexity index is 1310. The molecule has 4 rings (SSSR count). The Balaban J connectivity index is 1.71. The van der Waals surface area contributed by atoms with Gasteiger partial charge in [0, 0.05) is 29.7 Å². The van der Waals surface area contributed by atoms with Crippen molar-refractivity contribution >= 4 is 27.3 Å². The first-order valence-electron chi connectivity index (χ1n) is 7.88. The summed E-state index contributed by atoms with van der Waals surface area (Å²) in [6, 6.07) is 7.94. The Labute approximate surface area is 157 Å². The maximum atomic E-state index is 13.8. The molecule has 0 amide bonds. The molecule has 0 aliphatic heterocycles. The van der Waals surface area contributed by atoms with E-state index in [1.807, 2.05) is 4.72 Å². The fourth-order valence-corrected chi connectivity index (χ4v) is 3.63. The lowest BCUT2D eigenvalue weighted by molar-refractivity contribution is 0.511. The largest absolute Gasteiger partial charge is 0.366 e. The molecule has 28 heavy (non-hydrogen) atoms. The van der Waals surface area contributed by atoms with E-state index < -0.39 is 27.3 Å². The average Bonchev–Trinajstić information content (AvgIpc) is 3.04. The van der Waals surface area contributed by atoms with Crippen LogP contribution in [0.1, 0.15) is 0 Å². The number of hydrogen-bond donors (Lipinski definition) is 2. The fourth-order valence-electron chi connectivity index (χ4n) is 2.58. The molecule has 0 radical (unpaired) electrons. The van der Waals surface area contributed by atoms with Gasteiger partial charge in [-0.15, -0.1) is 5.10 Å². The Morgan fingerprint density at radius 3 is 2.71 bits per heavy atom. The number of nitrogens with two attached hydrogens (primary N) is 1. The topological polar surface area (TPSA) is 115 Å². The summed E-state index contributed by atoms with van der Waals surface area (Å²) in [4.78, 5) is 7.73. The van der Waals surface area contributed by atoms with Crippen molar-refractivity contribution < 1.29 is 17.2 Å². The van der Waals surface area contributed by atoms with Crippen LogP contribution >= 0.6 is 0 Å². The summed E-state index contributed by atoms with van der Waals surface area (Å²) in [6.07, 6.45) is 4.18. The molecule has 3 heterocycles. The van der Waals surface area contributed by atoms with Crippen molar-refractivity contribution in [3.63, 3.8) is 0 Å². The Kier molecular flexibility index (Phi) is 4.15. The number of halogens is 2. The third-order valence-electron chi connectivity index (χ3n) is 3.90. The highest BCUT2D eigenvalue weighted by molar-refractivity contribution is 7.92. The molecule has 11 heteroatoms. The lowest BCUT2D eigenvalue weighted by Crippen LogP contribution is -2.14. The molecule has 0 spiro atoms. The van der Waals surface area contributed by atoms with E-state index in [1.54, 1.807) is 18.3 Å². The monoisotopic (exact) mass is 402 g/mol. The van der Waals surface area contributed by atoms with Crippen LogP contribution in [0.15, 0.2) is 59.9 Å². The minimum Gasteiger partial charge on any atom is -0.366 e. The lowest BCUT2D eigenvalue weighted by Gasteiger charge is -2.10. The summed E-state index contributed by atoms with van der Waals surface area (Å²) >= 11 is 0. The molecule has 3 aromatic heterocycles. The first-order chi connectivity index (χ1) is 13.3. The maximum absolute atomic E-state index is 13.8. The number of nitrogens with one attached hydrogen (secondary N) is 1. The van der Waals surface area contributed by atoms with E-state index in [0.29, 0.717) is 16.8 Å². The predicted octanol–water partition coefficient (Wildman–Crippen LogP) is 2.45. The van der Waals surface area contributed by atoms with Crippen LogP contribution in [0.2, 0.25) is 0 Å². The number of aromatic nitrogens is 4. The molecule has 0 fully saturated rings. The van der Waals surface area contributed by atoms with E-state index in [2.05, 4.69) is 15.1 Å². The SMILES string of the molecule is Nc1nc2ccc(-c3cncc(S(=O)(=O)Nc4cccc(F)c4F)c3)cn2n1. The van der Waals surface area contributed by atoms with E-state index in [1.165, 1.54) is 22.8 Å². The Morgan fingerprint density at radius 2 is 1.89 bits per heavy atom. The van der Waals surface area contributed by atoms with Gasteiger partial charge in [0.15, 0.2) is 17.3 Å². The highest BCUT2D eigenvalue weighted by atomic mass is 32.2. The van der Waals surface area contributed by atoms with Crippen LogP contribution in [0.3, 0.4) is 0 Å². The number of rotatable bonds is 4. The number of sulfonamides is 1. The standard InChI is InChI=1S/C17H12F2N6O2S/c18-13-2-1-3-14(16(13)19)24-28(26,27)12-6-11(7-21-8-12)10-4-5-15-22-17(20)23-25(15)9-10/h1-9,24H,(H2,20,23). The van der Waals surface area contributed by atoms with E-state index >= 15 is 0 Å². The highest BCUT2D eigenvalue weighted by Crippen LogP contribution is 2.24. The zero-order valence-corrected chi connectivity index (χ0v) is 14.9. The van der Waals surface area contributed by atoms with Crippen LogP contribution in [-0.2, 0) is 10.0 Å². The second-order valence-electron chi connectivity index (χ2n) is 5.81. The first-order valence-corrected chi connectivity index (χ1v) is 9.36. The van der Waals surface area contributed by atoms with Gasteiger partial charge in [0.05, 0.1) is 5.69 Å². The molecule has 4 aromatic rings. The normalized spacial score (nSPS) is 11.6. The molecule has 0 saturated carbocycles. The molecule has 0 bridgehead atoms. The van der Waals surface area contributed by atoms with Gasteiger partial charge in [-0.3, -0.25) is 9.71 Å². The minimum absolute atomic E-state index is 0.105. The van der Waals surface area contributed by atoms with Crippen molar-refractivity contribution in [1.82, 2.24) is 19.6 Å². The van der Waals surface area contributed by atoms with Gasteiger partial charge in [-0.2, -0.15) is 4.98 Å². The molecule has 0 aliphatic carbocycles. The van der Waals surface area contributed by atoms with Crippen molar-refractivity contribution in [3.05, 3.63) is 66.6 Å². The number of anilines is 2. The van der Waals surface area contributed by atoms with Crippen molar-refractivity contribution in [1.29, 1.82) is 0 Å². The van der Waals surface area contributed by atoms with Gasteiger partial charge in [0.1, 0.15) is 4.90 Å². The number of benzene rings is 1. The van der Waals surface area contributed by atoms with Gasteiger partial charge in [-0.1, -0.05) is 6.07 Å². The number of pyridine rings is 2. The third-order valence-corrected chi connectivity index (χ3v) is 5.23. The van der Waals surface area contributed by atoms with Crippen molar-refractivity contribution in [2.45, 2.75) is 4.90 Å². The number of nitrogens with zero attached hydrogens (tertiary/aromatic N) is 4. The van der Waals surface area contributed by atoms with Crippen LogP contribution in [0, 0.1) is 11.6 Å². The minimum atomic E-state index is -4.20. The van der Waals surface area contributed by atoms with E-state index in [4.69, 9.17) is 5.73 Å². The second kappa shape index (κ2) is 6.53. The molecule has 0 saturated heterocycles. The Hall–Kier alpha value is -3.60. The van der Waals surface area contributed by atoms with Gasteiger partial charge < -0.3 is 5.73 Å². The summed E-state index contributed by atoms with van der Waals surface area (Å²) in [6.45, 7) is 0. The summed E-state index contributed by atoms with van der Waals surface area (Å²) in [7, 11) is -4.20. The fraction of sp³-hybridized carbons (Fsp3) is 0. The van der Waals surface area contributed by atoms with Crippen LogP contribution in [0.4, 0.5) is 20.4 Å². The second-order valence-corrected chi connectivity index (χ2v) is 7.49. The molecule has 3 N–H and O–H groups in total. The van der Waals surface area contributed by atoms with Crippen LogP contribution in [0.25, 0.3) is 16.8 Å². The predicted molar refractivity (Wildman–Crippen MR) is 97.8 cm³/mol. The quantitative estimate of drug-likeness (QED) is 0.542. The maximum Gasteiger partial charge on any atom is 0.263 e. The van der Waals surface area contributed by atoms with Gasteiger partial charge in [0.25, 0.3) is 10.0 Å². The Morgan fingerprint density at radius 1 is 1.07 bits per heavy atom. The van der Waals surface area contributed by atoms with Crippen molar-refractivity contribution in [2.24, 2.45) is 0 Å². The van der Waals surface area contributed by atoms with Gasteiger partial charge in [0.2, 0.25) is 5.95 Å². The smallest absolute Gasteiger partial charge is 0.263 e. The van der Waals surface area contributed by atoms with Crippen LogP contribution in [0.5, 0.6) is 0 Å². The van der Waals surface area contributed by atoms with E-state index in [9.17, 15) is 17.2 Å². The molecule has 0 atom stereocenters. The zero-order valence-electron chi connectivity index (χ0n) is 14.0. The zero-order chi connectivity index (χ0) is 19.9. The van der Waals surface area contributed by atoms with Gasteiger partial charge >= 0.3 is 0 Å². The summed E-state index contributed by atoms with van der Waals surface area (Å²) in [5.41, 5.74) is 6.67. The van der Waals surface area contributed by atoms with Gasteiger partial charge in [-0.25, -0.2) is 21.7 Å². The molecular weight excluding hydrogens is 390 g/mol. The molecule has 0 aliphatic rings. The third kappa shape index (κ3) is 3.22. The number of fused-ring (bicyclic) bond motifs is 1. The van der Waals surface area contributed by atoms with Crippen LogP contribution < -0.4 is 10.5 Å². The van der Waals surface area contributed by atoms with E-state index in [-0.39, 0.29) is 10.8 Å². The first kappa shape index (κ1) is 17.8. The van der Waals surface area contributed by atoms with Gasteiger partial charge in [-0.05, 0) is 30.3 Å². The summed E-state index contributed by atoms with van der Waals surface area (Å²) < 4.78 is 55.8. The van der Waals surface area contributed by atoms with Crippen LogP contribution in [-0.4, -0.2) is 28.0 Å². The molecule has 1 aromatic carbocycles. The number of hydrogen-bond acceptors (Lipinski definition) is 6. The number of nitrogen functional groups attached to an aromatic ring is 1. The average molecular weight is 402 g/mol. The molecule has 142 valence electrons. The van der Waals surface area contributed by atoms with Crippen molar-refractivity contribution in [3.8, 4) is 11.1 Å².